The number of aryl methyl sites for hydroxylation is 1. The number of nitrogens with one attached hydrogen (secondary N) is 1. The summed E-state index contributed by atoms with van der Waals surface area (Å²) in [4.78, 5) is 4.67. The third-order valence-electron chi connectivity index (χ3n) is 4.61. The average Bonchev–Trinajstić information content (AvgIpc) is 2.93. The first kappa shape index (κ1) is 17.4. The summed E-state index contributed by atoms with van der Waals surface area (Å²) in [5.74, 6) is 0. The van der Waals surface area contributed by atoms with E-state index in [0.29, 0.717) is 6.54 Å². The van der Waals surface area contributed by atoms with E-state index < -0.39 is 0 Å². The first-order valence-corrected chi connectivity index (χ1v) is 8.29. The summed E-state index contributed by atoms with van der Waals surface area (Å²) in [7, 11) is 2.15. The Morgan fingerprint density at radius 1 is 1.27 bits per heavy atom. The number of piperazine rings is 1. The molecule has 6 nitrogen and oxygen atoms in total. The molecule has 0 aromatic carbocycles. The van der Waals surface area contributed by atoms with Crippen LogP contribution < -0.4 is 5.32 Å². The summed E-state index contributed by atoms with van der Waals surface area (Å²) < 4.78 is 1.99. The number of hydrogen-bond donors (Lipinski definition) is 2. The van der Waals surface area contributed by atoms with Gasteiger partial charge in [-0.3, -0.25) is 9.58 Å². The molecule has 2 rings (SSSR count). The Morgan fingerprint density at radius 2 is 1.95 bits per heavy atom. The lowest BCUT2D eigenvalue weighted by Crippen LogP contribution is -2.49. The van der Waals surface area contributed by atoms with Crippen LogP contribution in [0.15, 0.2) is 12.4 Å². The second-order valence-corrected chi connectivity index (χ2v) is 6.69. The van der Waals surface area contributed by atoms with Gasteiger partial charge in [-0.15, -0.1) is 0 Å². The van der Waals surface area contributed by atoms with Gasteiger partial charge in [0, 0.05) is 51.5 Å². The fourth-order valence-corrected chi connectivity index (χ4v) is 2.77. The summed E-state index contributed by atoms with van der Waals surface area (Å²) in [6.07, 6.45) is 3.62. The molecule has 1 aliphatic heterocycles. The van der Waals surface area contributed by atoms with E-state index in [9.17, 15) is 5.11 Å². The van der Waals surface area contributed by atoms with E-state index in [1.54, 1.807) is 0 Å². The van der Waals surface area contributed by atoms with Crippen molar-refractivity contribution in [2.75, 3.05) is 46.3 Å². The standard InChI is InChI=1S/C16H31N5O/c1-13-9-18-21(11-13)15(3)14(2)17-10-16(22)12-20-7-5-19(4)6-8-20/h9,11,14-17,22H,5-8,10,12H2,1-4H3/t14-,15+,16-/m0/s1. The van der Waals surface area contributed by atoms with Crippen LogP contribution in [0.2, 0.25) is 0 Å². The van der Waals surface area contributed by atoms with Gasteiger partial charge in [0.2, 0.25) is 0 Å². The second-order valence-electron chi connectivity index (χ2n) is 6.69. The van der Waals surface area contributed by atoms with Crippen LogP contribution in [0.5, 0.6) is 0 Å². The number of aliphatic hydroxyl groups is 1. The van der Waals surface area contributed by atoms with Gasteiger partial charge in [-0.05, 0) is 33.4 Å². The lowest BCUT2D eigenvalue weighted by atomic mass is 10.1. The summed E-state index contributed by atoms with van der Waals surface area (Å²) in [5, 5.41) is 18.0. The van der Waals surface area contributed by atoms with Gasteiger partial charge in [-0.25, -0.2) is 0 Å². The molecule has 3 atom stereocenters. The second kappa shape index (κ2) is 8.06. The first-order valence-electron chi connectivity index (χ1n) is 8.29. The molecule has 0 saturated carbocycles. The maximum Gasteiger partial charge on any atom is 0.0791 e. The summed E-state index contributed by atoms with van der Waals surface area (Å²) in [6.45, 7) is 12.0. The molecule has 0 spiro atoms. The molecule has 2 N–H and O–H groups in total. The van der Waals surface area contributed by atoms with Gasteiger partial charge in [0.15, 0.2) is 0 Å². The molecule has 1 aromatic heterocycles. The first-order chi connectivity index (χ1) is 10.5. The Labute approximate surface area is 134 Å². The Hall–Kier alpha value is -0.950. The minimum atomic E-state index is -0.322. The smallest absolute Gasteiger partial charge is 0.0791 e. The summed E-state index contributed by atoms with van der Waals surface area (Å²) >= 11 is 0. The fourth-order valence-electron chi connectivity index (χ4n) is 2.77. The zero-order valence-electron chi connectivity index (χ0n) is 14.4. The van der Waals surface area contributed by atoms with Gasteiger partial charge in [0.05, 0.1) is 18.3 Å². The molecule has 0 amide bonds. The lowest BCUT2D eigenvalue weighted by Gasteiger charge is -2.34. The van der Waals surface area contributed by atoms with Gasteiger partial charge in [-0.2, -0.15) is 5.10 Å². The largest absolute Gasteiger partial charge is 0.390 e. The number of likely N-dealkylation sites (N-methyl/N-ethyl adjacent to an activating group) is 1. The molecular weight excluding hydrogens is 278 g/mol. The maximum absolute atomic E-state index is 10.2. The van der Waals surface area contributed by atoms with Crippen molar-refractivity contribution >= 4 is 0 Å². The maximum atomic E-state index is 10.2. The lowest BCUT2D eigenvalue weighted by molar-refractivity contribution is 0.0777. The molecule has 1 aliphatic rings. The summed E-state index contributed by atoms with van der Waals surface area (Å²) in [6, 6.07) is 0.533. The van der Waals surface area contributed by atoms with Crippen molar-refractivity contribution in [1.29, 1.82) is 0 Å². The molecule has 1 fully saturated rings. The highest BCUT2D eigenvalue weighted by molar-refractivity contribution is 5.00. The van der Waals surface area contributed by atoms with Crippen molar-refractivity contribution in [2.24, 2.45) is 0 Å². The van der Waals surface area contributed by atoms with Gasteiger partial charge >= 0.3 is 0 Å². The van der Waals surface area contributed by atoms with E-state index in [2.05, 4.69) is 47.3 Å². The highest BCUT2D eigenvalue weighted by atomic mass is 16.3. The monoisotopic (exact) mass is 309 g/mol. The minimum Gasteiger partial charge on any atom is -0.390 e. The Balaban J connectivity index is 1.70. The molecule has 126 valence electrons. The molecule has 1 aromatic rings. The van der Waals surface area contributed by atoms with Gasteiger partial charge in [-0.1, -0.05) is 0 Å². The molecule has 6 heteroatoms. The predicted octanol–water partition coefficient (Wildman–Crippen LogP) is 0.339. The van der Waals surface area contributed by atoms with Crippen molar-refractivity contribution in [3.05, 3.63) is 18.0 Å². The van der Waals surface area contributed by atoms with Crippen LogP contribution in [0.1, 0.15) is 25.5 Å². The van der Waals surface area contributed by atoms with Crippen molar-refractivity contribution in [3.8, 4) is 0 Å². The van der Waals surface area contributed by atoms with Crippen LogP contribution >= 0.6 is 0 Å². The minimum absolute atomic E-state index is 0.265. The Kier molecular flexibility index (Phi) is 6.37. The molecular formula is C16H31N5O. The van der Waals surface area contributed by atoms with Gasteiger partial charge in [0.25, 0.3) is 0 Å². The Bertz CT molecular complexity index is 441. The molecule has 22 heavy (non-hydrogen) atoms. The predicted molar refractivity (Wildman–Crippen MR) is 89.1 cm³/mol. The van der Waals surface area contributed by atoms with E-state index in [-0.39, 0.29) is 18.2 Å². The van der Waals surface area contributed by atoms with E-state index >= 15 is 0 Å². The molecule has 1 saturated heterocycles. The van der Waals surface area contributed by atoms with Crippen molar-refractivity contribution < 1.29 is 5.11 Å². The van der Waals surface area contributed by atoms with E-state index in [1.807, 2.05) is 17.8 Å². The van der Waals surface area contributed by atoms with E-state index in [4.69, 9.17) is 0 Å². The molecule has 0 bridgehead atoms. The van der Waals surface area contributed by atoms with Gasteiger partial charge < -0.3 is 15.3 Å². The normalized spacial score (nSPS) is 21.7. The van der Waals surface area contributed by atoms with Crippen molar-refractivity contribution in [1.82, 2.24) is 24.9 Å². The topological polar surface area (TPSA) is 56.6 Å². The van der Waals surface area contributed by atoms with Crippen molar-refractivity contribution in [3.63, 3.8) is 0 Å². The van der Waals surface area contributed by atoms with Crippen LogP contribution in [0.4, 0.5) is 0 Å². The third kappa shape index (κ3) is 5.05. The molecule has 0 unspecified atom stereocenters. The van der Waals surface area contributed by atoms with Crippen LogP contribution in [0.25, 0.3) is 0 Å². The number of nitrogens with zero attached hydrogens (tertiary/aromatic N) is 4. The van der Waals surface area contributed by atoms with Crippen LogP contribution in [0.3, 0.4) is 0 Å². The molecule has 0 aliphatic carbocycles. The quantitative estimate of drug-likeness (QED) is 0.761. The number of hydrogen-bond acceptors (Lipinski definition) is 5. The highest BCUT2D eigenvalue weighted by Crippen LogP contribution is 2.10. The average molecular weight is 309 g/mol. The SMILES string of the molecule is Cc1cnn([C@H](C)[C@H](C)NC[C@H](O)CN2CCN(C)CC2)c1. The number of rotatable bonds is 7. The van der Waals surface area contributed by atoms with Crippen LogP contribution in [-0.4, -0.2) is 83.1 Å². The summed E-state index contributed by atoms with van der Waals surface area (Å²) in [5.41, 5.74) is 1.18. The Morgan fingerprint density at radius 3 is 2.55 bits per heavy atom. The third-order valence-corrected chi connectivity index (χ3v) is 4.61. The van der Waals surface area contributed by atoms with Crippen LogP contribution in [0, 0.1) is 6.92 Å². The molecule has 2 heterocycles. The van der Waals surface area contributed by atoms with E-state index in [1.165, 1.54) is 5.56 Å². The van der Waals surface area contributed by atoms with E-state index in [0.717, 1.165) is 32.7 Å². The molecule has 0 radical (unpaired) electrons. The van der Waals surface area contributed by atoms with Crippen molar-refractivity contribution in [2.45, 2.75) is 39.0 Å². The number of aliphatic hydroxyl groups excluding tert-OH is 1. The number of β-amino-alcohol motifs (C(OH)–C–C–N with tert-alkyl or cyclic N) is 1. The zero-order valence-corrected chi connectivity index (χ0v) is 14.4. The fraction of sp³-hybridized carbons (Fsp3) is 0.812. The number of aromatic nitrogens is 2. The van der Waals surface area contributed by atoms with Crippen LogP contribution in [-0.2, 0) is 0 Å². The highest BCUT2D eigenvalue weighted by Gasteiger charge is 2.19. The zero-order chi connectivity index (χ0) is 16.1. The van der Waals surface area contributed by atoms with Gasteiger partial charge in [0.1, 0.15) is 0 Å².